The van der Waals surface area contributed by atoms with Crippen LogP contribution in [0.5, 0.6) is 0 Å². The van der Waals surface area contributed by atoms with E-state index in [0.29, 0.717) is 45.3 Å². The Morgan fingerprint density at radius 2 is 1.83 bits per heavy atom. The lowest BCUT2D eigenvalue weighted by Gasteiger charge is -2.71. The van der Waals surface area contributed by atoms with Gasteiger partial charge >= 0.3 is 5.97 Å². The molecule has 1 aliphatic heterocycles. The van der Waals surface area contributed by atoms with Crippen molar-refractivity contribution in [3.05, 3.63) is 23.8 Å². The SMILES string of the molecule is COCCNC(=O)c1ncnn1[C@@H]1C[C@@]23COC[C@](C)([C@@H]2CC[C@H]2C3=CC[C@@]3(C)[C@H](C(=O)O)[C@@](C)([C@H](C)C(C)C)CC[C@]23C)[C@H]1OC[C@](C)(N)C(C)C. The Balaban J connectivity index is 1.46. The molecule has 1 amide bonds. The molecule has 1 aromatic heterocycles. The summed E-state index contributed by atoms with van der Waals surface area (Å²) in [5.74, 6) is 0.229. The first-order valence-electron chi connectivity index (χ1n) is 20.3. The number of nitrogens with two attached hydrogens (primary N) is 1. The normalized spacial score (nSPS) is 41.1. The Labute approximate surface area is 317 Å². The molecule has 3 saturated carbocycles. The van der Waals surface area contributed by atoms with Gasteiger partial charge in [0.2, 0.25) is 5.82 Å². The van der Waals surface area contributed by atoms with Crippen LogP contribution < -0.4 is 11.1 Å². The van der Waals surface area contributed by atoms with E-state index >= 15 is 0 Å². The Bertz CT molecular complexity index is 1570. The number of nitrogens with one attached hydrogen (secondary N) is 1. The summed E-state index contributed by atoms with van der Waals surface area (Å²) >= 11 is 0. The van der Waals surface area contributed by atoms with Crippen molar-refractivity contribution in [2.45, 2.75) is 125 Å². The lowest BCUT2D eigenvalue weighted by Crippen LogP contribution is -2.69. The zero-order valence-corrected chi connectivity index (χ0v) is 34.5. The smallest absolute Gasteiger partial charge is 0.307 e. The number of aliphatic carboxylic acids is 1. The van der Waals surface area contributed by atoms with E-state index in [0.717, 1.165) is 32.1 Å². The Morgan fingerprint density at radius 3 is 2.47 bits per heavy atom. The second kappa shape index (κ2) is 14.0. The van der Waals surface area contributed by atoms with Gasteiger partial charge in [0.15, 0.2) is 0 Å². The molecule has 1 aromatic rings. The minimum absolute atomic E-state index is 0.195. The summed E-state index contributed by atoms with van der Waals surface area (Å²) in [7, 11) is 1.61. The fourth-order valence-electron chi connectivity index (χ4n) is 12.6. The van der Waals surface area contributed by atoms with Crippen molar-refractivity contribution < 1.29 is 28.9 Å². The second-order valence-electron chi connectivity index (χ2n) is 19.8. The molecule has 4 N–H and O–H groups in total. The van der Waals surface area contributed by atoms with Crippen LogP contribution in [-0.4, -0.2) is 83.5 Å². The highest BCUT2D eigenvalue weighted by atomic mass is 16.5. The molecule has 11 heteroatoms. The van der Waals surface area contributed by atoms with Gasteiger partial charge < -0.3 is 30.4 Å². The summed E-state index contributed by atoms with van der Waals surface area (Å²) in [6.07, 6.45) is 8.92. The predicted molar refractivity (Wildman–Crippen MR) is 204 cm³/mol. The molecule has 0 aromatic carbocycles. The molecule has 1 saturated heterocycles. The molecule has 11 nitrogen and oxygen atoms in total. The summed E-state index contributed by atoms with van der Waals surface area (Å²) in [6, 6.07) is -0.303. The molecule has 53 heavy (non-hydrogen) atoms. The third-order valence-electron chi connectivity index (χ3n) is 16.7. The van der Waals surface area contributed by atoms with Gasteiger partial charge in [-0.3, -0.25) is 9.59 Å². The Kier molecular flexibility index (Phi) is 10.6. The third kappa shape index (κ3) is 6.04. The number of hydrogen-bond acceptors (Lipinski definition) is 8. The van der Waals surface area contributed by atoms with Crippen molar-refractivity contribution in [2.24, 2.45) is 68.3 Å². The average Bonchev–Trinajstić information content (AvgIpc) is 3.57. The standard InChI is InChI=1S/C42H69N5O6/c1-25(2)27(5)37(6)16-17-39(8)28-12-13-31-38(7)21-52-23-42(31,29(28)14-15-40(39,9)32(37)36(49)50)20-30(33(38)53-22-41(10,43)26(3)4)47-34(45-24-46-47)35(48)44-18-19-51-11/h14,24-28,30-33H,12-13,15-23,43H2,1-11H3,(H,44,48)(H,49,50)/t27-,28+,30-,31+,32-,33+,37-,38-,39-,40+,41+,42+/m1/s1. The molecular formula is C42H69N5O6. The number of hydrogen-bond donors (Lipinski definition) is 3. The van der Waals surface area contributed by atoms with Crippen molar-refractivity contribution in [1.29, 1.82) is 0 Å². The molecule has 12 atom stereocenters. The van der Waals surface area contributed by atoms with Gasteiger partial charge in [-0.2, -0.15) is 5.10 Å². The number of nitrogens with zero attached hydrogens (tertiary/aromatic N) is 3. The fourth-order valence-corrected chi connectivity index (χ4v) is 12.6. The molecular weight excluding hydrogens is 670 g/mol. The quantitative estimate of drug-likeness (QED) is 0.160. The highest BCUT2D eigenvalue weighted by Crippen LogP contribution is 2.75. The van der Waals surface area contributed by atoms with Crippen molar-refractivity contribution in [3.63, 3.8) is 0 Å². The maximum Gasteiger partial charge on any atom is 0.307 e. The first kappa shape index (κ1) is 40.3. The van der Waals surface area contributed by atoms with Crippen LogP contribution >= 0.6 is 0 Å². The molecule has 2 heterocycles. The van der Waals surface area contributed by atoms with Crippen LogP contribution in [0.15, 0.2) is 18.0 Å². The van der Waals surface area contributed by atoms with Crippen LogP contribution in [0.4, 0.5) is 0 Å². The fraction of sp³-hybridized carbons (Fsp3) is 0.857. The summed E-state index contributed by atoms with van der Waals surface area (Å²) in [5, 5.41) is 18.8. The van der Waals surface area contributed by atoms with Gasteiger partial charge in [-0.15, -0.1) is 0 Å². The van der Waals surface area contributed by atoms with Crippen LogP contribution in [0.1, 0.15) is 124 Å². The maximum absolute atomic E-state index is 13.6. The van der Waals surface area contributed by atoms with Gasteiger partial charge in [0.1, 0.15) is 6.33 Å². The minimum atomic E-state index is -0.654. The Hall–Kier alpha value is -2.34. The number of amides is 1. The topological polar surface area (TPSA) is 151 Å². The van der Waals surface area contributed by atoms with E-state index in [4.69, 9.17) is 25.0 Å². The molecule has 6 rings (SSSR count). The van der Waals surface area contributed by atoms with Crippen molar-refractivity contribution >= 4 is 11.9 Å². The van der Waals surface area contributed by atoms with Crippen LogP contribution in [0.3, 0.4) is 0 Å². The number of carbonyl (C=O) groups excluding carboxylic acids is 1. The number of ether oxygens (including phenoxy) is 3. The van der Waals surface area contributed by atoms with Crippen molar-refractivity contribution in [2.75, 3.05) is 40.1 Å². The van der Waals surface area contributed by atoms with Gasteiger partial charge in [0.05, 0.1) is 44.5 Å². The number of carboxylic acids is 1. The number of carboxylic acid groups (broad SMARTS) is 1. The average molecular weight is 740 g/mol. The highest BCUT2D eigenvalue weighted by Gasteiger charge is 2.72. The van der Waals surface area contributed by atoms with Crippen molar-refractivity contribution in [1.82, 2.24) is 20.1 Å². The van der Waals surface area contributed by atoms with E-state index in [1.165, 1.54) is 11.9 Å². The van der Waals surface area contributed by atoms with E-state index < -0.39 is 28.3 Å². The first-order valence-corrected chi connectivity index (χ1v) is 20.3. The van der Waals surface area contributed by atoms with Gasteiger partial charge in [0.25, 0.3) is 5.91 Å². The van der Waals surface area contributed by atoms with Crippen LogP contribution in [-0.2, 0) is 19.0 Å². The predicted octanol–water partition coefficient (Wildman–Crippen LogP) is 6.54. The second-order valence-corrected chi connectivity index (χ2v) is 19.8. The van der Waals surface area contributed by atoms with Gasteiger partial charge in [0, 0.05) is 30.0 Å². The lowest BCUT2D eigenvalue weighted by molar-refractivity contribution is -0.252. The third-order valence-corrected chi connectivity index (χ3v) is 16.7. The molecule has 0 radical (unpaired) electrons. The van der Waals surface area contributed by atoms with Crippen molar-refractivity contribution in [3.8, 4) is 0 Å². The monoisotopic (exact) mass is 740 g/mol. The maximum atomic E-state index is 13.6. The molecule has 298 valence electrons. The number of rotatable bonds is 12. The summed E-state index contributed by atoms with van der Waals surface area (Å²) in [6.45, 7) is 24.6. The van der Waals surface area contributed by atoms with Crippen LogP contribution in [0.25, 0.3) is 0 Å². The molecule has 4 fully saturated rings. The molecule has 0 unspecified atom stereocenters. The highest BCUT2D eigenvalue weighted by molar-refractivity contribution is 5.90. The lowest BCUT2D eigenvalue weighted by atomic mass is 9.34. The Morgan fingerprint density at radius 1 is 1.11 bits per heavy atom. The van der Waals surface area contributed by atoms with Crippen LogP contribution in [0.2, 0.25) is 0 Å². The zero-order valence-electron chi connectivity index (χ0n) is 34.5. The number of allylic oxidation sites excluding steroid dienone is 1. The minimum Gasteiger partial charge on any atom is -0.481 e. The molecule has 2 bridgehead atoms. The van der Waals surface area contributed by atoms with E-state index in [9.17, 15) is 14.7 Å². The summed E-state index contributed by atoms with van der Waals surface area (Å²) in [5.41, 5.74) is 6.07. The summed E-state index contributed by atoms with van der Waals surface area (Å²) in [4.78, 5) is 31.7. The molecule has 0 spiro atoms. The van der Waals surface area contributed by atoms with E-state index in [2.05, 4.69) is 78.7 Å². The number of aromatic nitrogens is 3. The summed E-state index contributed by atoms with van der Waals surface area (Å²) < 4.78 is 20.8. The van der Waals surface area contributed by atoms with Crippen LogP contribution in [0, 0.1) is 62.6 Å². The number of methoxy groups -OCH3 is 1. The van der Waals surface area contributed by atoms with Gasteiger partial charge in [-0.05, 0) is 91.3 Å². The van der Waals surface area contributed by atoms with Gasteiger partial charge in [-0.1, -0.05) is 74.0 Å². The van der Waals surface area contributed by atoms with E-state index in [-0.39, 0.29) is 63.8 Å². The van der Waals surface area contributed by atoms with E-state index in [1.807, 2.05) is 11.6 Å². The molecule has 5 aliphatic rings. The number of carbonyl (C=O) groups is 2. The van der Waals surface area contributed by atoms with Gasteiger partial charge in [-0.25, -0.2) is 9.67 Å². The largest absolute Gasteiger partial charge is 0.481 e. The first-order chi connectivity index (χ1) is 24.7. The molecule has 4 aliphatic carbocycles. The van der Waals surface area contributed by atoms with E-state index in [1.54, 1.807) is 7.11 Å². The zero-order chi connectivity index (χ0) is 38.9. The number of fused-ring (bicyclic) bond motifs is 3.